The van der Waals surface area contributed by atoms with Gasteiger partial charge in [0.05, 0.1) is 10.6 Å². The minimum absolute atomic E-state index is 0.00959. The Hall–Kier alpha value is -3.27. The fourth-order valence-electron chi connectivity index (χ4n) is 3.20. The number of para-hydroxylation sites is 1. The van der Waals surface area contributed by atoms with Gasteiger partial charge in [-0.1, -0.05) is 29.4 Å². The molecule has 0 unspecified atom stereocenters. The summed E-state index contributed by atoms with van der Waals surface area (Å²) in [4.78, 5) is 12.4. The van der Waals surface area contributed by atoms with Crippen LogP contribution in [0.2, 0.25) is 0 Å². The zero-order chi connectivity index (χ0) is 19.0. The second-order valence-corrected chi connectivity index (χ2v) is 8.02. The first-order chi connectivity index (χ1) is 13.0. The minimum atomic E-state index is -3.82. The average molecular weight is 384 g/mol. The smallest absolute Gasteiger partial charge is 0.270 e. The molecule has 1 aliphatic rings. The number of sulfonamides is 1. The zero-order valence-electron chi connectivity index (χ0n) is 14.3. The van der Waals surface area contributed by atoms with Crippen LogP contribution in [0.4, 0.5) is 11.6 Å². The quantitative estimate of drug-likeness (QED) is 0.705. The van der Waals surface area contributed by atoms with Crippen LogP contribution in [-0.4, -0.2) is 41.0 Å². The standard InChI is InChI=1S/C17H16N6O3S/c1-11-9-12-5-2-3-8-15(12)23(11)27(25,26)14-7-4-6-13(10-14)16(24)18-17-19-21-22-20-17/h2-8,10-11H,9H2,1H3,(H2,18,19,20,21,22,24)/t11-/m0/s1. The molecule has 1 aliphatic heterocycles. The third kappa shape index (κ3) is 3.04. The number of hydrogen-bond acceptors (Lipinski definition) is 6. The number of aromatic amines is 1. The highest BCUT2D eigenvalue weighted by atomic mass is 32.2. The van der Waals surface area contributed by atoms with Crippen molar-refractivity contribution in [1.29, 1.82) is 0 Å². The van der Waals surface area contributed by atoms with Crippen LogP contribution >= 0.6 is 0 Å². The van der Waals surface area contributed by atoms with Gasteiger partial charge in [-0.3, -0.25) is 14.4 Å². The van der Waals surface area contributed by atoms with E-state index in [1.165, 1.54) is 28.6 Å². The summed E-state index contributed by atoms with van der Waals surface area (Å²) >= 11 is 0. The Balaban J connectivity index is 1.68. The molecular weight excluding hydrogens is 368 g/mol. The number of anilines is 2. The van der Waals surface area contributed by atoms with Gasteiger partial charge >= 0.3 is 0 Å². The summed E-state index contributed by atoms with van der Waals surface area (Å²) in [5.74, 6) is -0.515. The molecule has 1 amide bonds. The molecule has 2 N–H and O–H groups in total. The molecule has 0 aliphatic carbocycles. The van der Waals surface area contributed by atoms with Crippen molar-refractivity contribution in [3.8, 4) is 0 Å². The molecule has 0 saturated carbocycles. The summed E-state index contributed by atoms with van der Waals surface area (Å²) < 4.78 is 27.9. The molecular formula is C17H16N6O3S. The first kappa shape index (κ1) is 17.2. The highest BCUT2D eigenvalue weighted by Crippen LogP contribution is 2.36. The van der Waals surface area contributed by atoms with Gasteiger partial charge in [0.2, 0.25) is 0 Å². The van der Waals surface area contributed by atoms with E-state index in [9.17, 15) is 13.2 Å². The fourth-order valence-corrected chi connectivity index (χ4v) is 4.94. The van der Waals surface area contributed by atoms with E-state index in [0.29, 0.717) is 12.1 Å². The second-order valence-electron chi connectivity index (χ2n) is 6.20. The van der Waals surface area contributed by atoms with Gasteiger partial charge in [-0.25, -0.2) is 8.42 Å². The molecule has 0 fully saturated rings. The van der Waals surface area contributed by atoms with Crippen molar-refractivity contribution in [2.24, 2.45) is 0 Å². The Morgan fingerprint density at radius 2 is 2.04 bits per heavy atom. The lowest BCUT2D eigenvalue weighted by Gasteiger charge is -2.24. The predicted molar refractivity (Wildman–Crippen MR) is 97.8 cm³/mol. The largest absolute Gasteiger partial charge is 0.288 e. The number of hydrogen-bond donors (Lipinski definition) is 2. The van der Waals surface area contributed by atoms with Crippen molar-refractivity contribution in [2.75, 3.05) is 9.62 Å². The van der Waals surface area contributed by atoms with E-state index >= 15 is 0 Å². The number of amides is 1. The summed E-state index contributed by atoms with van der Waals surface area (Å²) in [5, 5.41) is 15.3. The third-order valence-electron chi connectivity index (χ3n) is 4.37. The first-order valence-corrected chi connectivity index (χ1v) is 9.68. The van der Waals surface area contributed by atoms with Gasteiger partial charge in [0.25, 0.3) is 21.9 Å². The molecule has 0 spiro atoms. The van der Waals surface area contributed by atoms with E-state index in [4.69, 9.17) is 0 Å². The summed E-state index contributed by atoms with van der Waals surface area (Å²) in [7, 11) is -3.82. The Morgan fingerprint density at radius 1 is 1.22 bits per heavy atom. The Bertz CT molecular complexity index is 1100. The fraction of sp³-hybridized carbons (Fsp3) is 0.176. The number of aromatic nitrogens is 4. The van der Waals surface area contributed by atoms with E-state index in [1.54, 1.807) is 6.07 Å². The summed E-state index contributed by atoms with van der Waals surface area (Å²) in [6.07, 6.45) is 0.646. The molecule has 4 rings (SSSR count). The number of fused-ring (bicyclic) bond motifs is 1. The van der Waals surface area contributed by atoms with Crippen molar-refractivity contribution >= 4 is 27.6 Å². The topological polar surface area (TPSA) is 121 Å². The summed E-state index contributed by atoms with van der Waals surface area (Å²) in [6.45, 7) is 1.87. The second kappa shape index (κ2) is 6.47. The lowest BCUT2D eigenvalue weighted by Crippen LogP contribution is -2.35. The monoisotopic (exact) mass is 384 g/mol. The Labute approximate surface area is 155 Å². The normalized spacial score (nSPS) is 16.2. The predicted octanol–water partition coefficient (Wildman–Crippen LogP) is 1.59. The molecule has 0 radical (unpaired) electrons. The molecule has 9 nitrogen and oxygen atoms in total. The number of nitrogens with zero attached hydrogens (tertiary/aromatic N) is 4. The number of benzene rings is 2. The van der Waals surface area contributed by atoms with Crippen LogP contribution in [0.25, 0.3) is 0 Å². The molecule has 1 aromatic heterocycles. The Kier molecular flexibility index (Phi) is 4.11. The summed E-state index contributed by atoms with van der Waals surface area (Å²) in [6, 6.07) is 13.1. The number of H-pyrrole nitrogens is 1. The van der Waals surface area contributed by atoms with Crippen molar-refractivity contribution in [3.05, 3.63) is 59.7 Å². The molecule has 0 bridgehead atoms. The number of carbonyl (C=O) groups excluding carboxylic acids is 1. The first-order valence-electron chi connectivity index (χ1n) is 8.24. The minimum Gasteiger partial charge on any atom is -0.288 e. The van der Waals surface area contributed by atoms with Crippen LogP contribution in [0.1, 0.15) is 22.8 Å². The van der Waals surface area contributed by atoms with Crippen LogP contribution in [0, 0.1) is 0 Å². The van der Waals surface area contributed by atoms with Crippen molar-refractivity contribution < 1.29 is 13.2 Å². The van der Waals surface area contributed by atoms with Crippen molar-refractivity contribution in [1.82, 2.24) is 20.6 Å². The maximum Gasteiger partial charge on any atom is 0.270 e. The van der Waals surface area contributed by atoms with E-state index in [1.807, 2.05) is 25.1 Å². The zero-order valence-corrected chi connectivity index (χ0v) is 15.1. The molecule has 2 heterocycles. The third-order valence-corrected chi connectivity index (χ3v) is 6.29. The molecule has 1 atom stereocenters. The van der Waals surface area contributed by atoms with Crippen molar-refractivity contribution in [2.45, 2.75) is 24.3 Å². The van der Waals surface area contributed by atoms with E-state index < -0.39 is 15.9 Å². The maximum absolute atomic E-state index is 13.3. The lowest BCUT2D eigenvalue weighted by molar-refractivity contribution is 0.102. The van der Waals surface area contributed by atoms with Crippen LogP contribution in [-0.2, 0) is 16.4 Å². The van der Waals surface area contributed by atoms with Gasteiger partial charge in [0.15, 0.2) is 0 Å². The van der Waals surface area contributed by atoms with Crippen LogP contribution in [0.15, 0.2) is 53.4 Å². The number of carbonyl (C=O) groups is 1. The molecule has 2 aromatic carbocycles. The van der Waals surface area contributed by atoms with E-state index in [-0.39, 0.29) is 22.4 Å². The highest BCUT2D eigenvalue weighted by Gasteiger charge is 2.36. The number of tetrazole rings is 1. The van der Waals surface area contributed by atoms with Crippen LogP contribution in [0.5, 0.6) is 0 Å². The average Bonchev–Trinajstić information content (AvgIpc) is 3.28. The molecule has 138 valence electrons. The van der Waals surface area contributed by atoms with E-state index in [0.717, 1.165) is 5.56 Å². The molecule has 27 heavy (non-hydrogen) atoms. The number of rotatable bonds is 4. The van der Waals surface area contributed by atoms with Crippen LogP contribution in [0.3, 0.4) is 0 Å². The molecule has 10 heteroatoms. The highest BCUT2D eigenvalue weighted by molar-refractivity contribution is 7.92. The van der Waals surface area contributed by atoms with Gasteiger partial charge in [0, 0.05) is 11.6 Å². The van der Waals surface area contributed by atoms with Gasteiger partial charge in [-0.05, 0) is 48.4 Å². The Morgan fingerprint density at radius 3 is 2.81 bits per heavy atom. The van der Waals surface area contributed by atoms with Crippen LogP contribution < -0.4 is 9.62 Å². The van der Waals surface area contributed by atoms with Gasteiger partial charge < -0.3 is 0 Å². The van der Waals surface area contributed by atoms with Gasteiger partial charge in [-0.2, -0.15) is 5.21 Å². The maximum atomic E-state index is 13.3. The van der Waals surface area contributed by atoms with Crippen molar-refractivity contribution in [3.63, 3.8) is 0 Å². The molecule has 3 aromatic rings. The lowest BCUT2D eigenvalue weighted by atomic mass is 10.1. The summed E-state index contributed by atoms with van der Waals surface area (Å²) in [5.41, 5.74) is 1.84. The molecule has 0 saturated heterocycles. The van der Waals surface area contributed by atoms with Gasteiger partial charge in [0.1, 0.15) is 0 Å². The van der Waals surface area contributed by atoms with E-state index in [2.05, 4.69) is 25.9 Å². The number of nitrogens with one attached hydrogen (secondary N) is 2. The van der Waals surface area contributed by atoms with Gasteiger partial charge in [-0.15, -0.1) is 5.10 Å². The SMILES string of the molecule is C[C@H]1Cc2ccccc2N1S(=O)(=O)c1cccc(C(=O)Nc2nn[nH]n2)c1.